The molecule has 2 unspecified atom stereocenters. The van der Waals surface area contributed by atoms with Gasteiger partial charge in [0.25, 0.3) is 0 Å². The molecular formula is C15H17ClN2O3. The molecule has 5 nitrogen and oxygen atoms in total. The van der Waals surface area contributed by atoms with Crippen molar-refractivity contribution in [2.45, 2.75) is 44.9 Å². The lowest BCUT2D eigenvalue weighted by molar-refractivity contribution is -0.149. The fourth-order valence-electron chi connectivity index (χ4n) is 2.88. The second-order valence-electron chi connectivity index (χ2n) is 5.57. The molecule has 1 aliphatic heterocycles. The number of ether oxygens (including phenoxy) is 1. The molecule has 1 N–H and O–H groups in total. The van der Waals surface area contributed by atoms with Crippen LogP contribution >= 0.6 is 11.6 Å². The Bertz CT molecular complexity index is 696. The minimum atomic E-state index is -0.914. The molecule has 1 saturated heterocycles. The smallest absolute Gasteiger partial charge is 0.332 e. The van der Waals surface area contributed by atoms with Gasteiger partial charge in [-0.05, 0) is 38.8 Å². The van der Waals surface area contributed by atoms with Gasteiger partial charge in [0.1, 0.15) is 11.9 Å². The molecule has 0 bridgehead atoms. The molecule has 2 aromatic rings. The number of imidazole rings is 1. The van der Waals surface area contributed by atoms with Gasteiger partial charge in [0, 0.05) is 6.04 Å². The van der Waals surface area contributed by atoms with Gasteiger partial charge in [-0.1, -0.05) is 17.7 Å². The first-order valence-corrected chi connectivity index (χ1v) is 7.41. The molecule has 1 aromatic carbocycles. The van der Waals surface area contributed by atoms with Crippen molar-refractivity contribution < 1.29 is 14.6 Å². The molecular weight excluding hydrogens is 292 g/mol. The first kappa shape index (κ1) is 14.4. The number of aromatic nitrogens is 2. The van der Waals surface area contributed by atoms with Crippen LogP contribution in [0.5, 0.6) is 0 Å². The molecule has 0 radical (unpaired) electrons. The molecule has 0 amide bonds. The van der Waals surface area contributed by atoms with Crippen LogP contribution in [0.3, 0.4) is 0 Å². The van der Waals surface area contributed by atoms with Gasteiger partial charge in [0.2, 0.25) is 0 Å². The Labute approximate surface area is 127 Å². The van der Waals surface area contributed by atoms with E-state index in [9.17, 15) is 4.79 Å². The fourth-order valence-corrected chi connectivity index (χ4v) is 3.14. The highest BCUT2D eigenvalue weighted by Crippen LogP contribution is 2.37. The zero-order chi connectivity index (χ0) is 15.1. The van der Waals surface area contributed by atoms with Crippen molar-refractivity contribution in [2.24, 2.45) is 0 Å². The van der Waals surface area contributed by atoms with Crippen LogP contribution in [-0.2, 0) is 9.53 Å². The number of carboxylic acid groups (broad SMARTS) is 1. The summed E-state index contributed by atoms with van der Waals surface area (Å²) in [4.78, 5) is 15.7. The quantitative estimate of drug-likeness (QED) is 0.941. The van der Waals surface area contributed by atoms with Crippen molar-refractivity contribution in [2.75, 3.05) is 0 Å². The Kier molecular flexibility index (Phi) is 3.63. The second kappa shape index (κ2) is 5.31. The Morgan fingerprint density at radius 3 is 2.86 bits per heavy atom. The summed E-state index contributed by atoms with van der Waals surface area (Å²) in [5.41, 5.74) is 1.69. The predicted molar refractivity (Wildman–Crippen MR) is 79.6 cm³/mol. The van der Waals surface area contributed by atoms with E-state index in [0.29, 0.717) is 17.9 Å². The maximum absolute atomic E-state index is 11.1. The highest BCUT2D eigenvalue weighted by atomic mass is 35.5. The third kappa shape index (κ3) is 2.40. The van der Waals surface area contributed by atoms with Gasteiger partial charge in [0.05, 0.1) is 16.1 Å². The fraction of sp³-hybridized carbons (Fsp3) is 0.467. The van der Waals surface area contributed by atoms with Crippen LogP contribution in [0.4, 0.5) is 0 Å². The lowest BCUT2D eigenvalue weighted by Gasteiger charge is -2.17. The van der Waals surface area contributed by atoms with E-state index >= 15 is 0 Å². The Hall–Kier alpha value is -1.59. The van der Waals surface area contributed by atoms with E-state index in [-0.39, 0.29) is 12.1 Å². The van der Waals surface area contributed by atoms with Gasteiger partial charge < -0.3 is 14.4 Å². The van der Waals surface area contributed by atoms with Gasteiger partial charge >= 0.3 is 5.97 Å². The lowest BCUT2D eigenvalue weighted by atomic mass is 10.2. The van der Waals surface area contributed by atoms with Gasteiger partial charge in [-0.3, -0.25) is 0 Å². The maximum Gasteiger partial charge on any atom is 0.332 e. The summed E-state index contributed by atoms with van der Waals surface area (Å²) < 4.78 is 7.69. The highest BCUT2D eigenvalue weighted by Gasteiger charge is 2.35. The van der Waals surface area contributed by atoms with E-state index < -0.39 is 12.1 Å². The number of halogens is 1. The minimum absolute atomic E-state index is 0.164. The summed E-state index contributed by atoms with van der Waals surface area (Å²) in [5.74, 6) is -0.153. The summed E-state index contributed by atoms with van der Waals surface area (Å²) in [6, 6.07) is 5.77. The Morgan fingerprint density at radius 2 is 2.24 bits per heavy atom. The number of fused-ring (bicyclic) bond motifs is 1. The summed E-state index contributed by atoms with van der Waals surface area (Å²) in [6.07, 6.45) is 0.127. The monoisotopic (exact) mass is 308 g/mol. The average molecular weight is 309 g/mol. The van der Waals surface area contributed by atoms with Crippen LogP contribution in [0, 0.1) is 0 Å². The number of hydrogen-bond acceptors (Lipinski definition) is 3. The number of rotatable bonds is 3. The molecule has 112 valence electrons. The largest absolute Gasteiger partial charge is 0.479 e. The van der Waals surface area contributed by atoms with Gasteiger partial charge in [-0.2, -0.15) is 0 Å². The predicted octanol–water partition coefficient (Wildman–Crippen LogP) is 3.58. The van der Waals surface area contributed by atoms with E-state index in [1.807, 2.05) is 22.8 Å². The molecule has 3 rings (SSSR count). The maximum atomic E-state index is 11.1. The number of aliphatic carboxylic acids is 1. The zero-order valence-corrected chi connectivity index (χ0v) is 12.7. The third-order valence-corrected chi connectivity index (χ3v) is 4.09. The number of carbonyl (C=O) groups is 1. The summed E-state index contributed by atoms with van der Waals surface area (Å²) in [6.45, 7) is 4.11. The molecule has 6 heteroatoms. The van der Waals surface area contributed by atoms with Crippen molar-refractivity contribution in [3.8, 4) is 0 Å². The molecule has 21 heavy (non-hydrogen) atoms. The second-order valence-corrected chi connectivity index (χ2v) is 5.98. The molecule has 1 fully saturated rings. The van der Waals surface area contributed by atoms with Crippen molar-refractivity contribution in [1.82, 2.24) is 9.55 Å². The number of benzene rings is 1. The topological polar surface area (TPSA) is 64.4 Å². The standard InChI is InChI=1S/C15H17ClN2O3/c1-8(2)18-13-9(16)4-3-5-10(13)17-14(18)11-6-7-12(21-11)15(19)20/h3-5,8,11-12H,6-7H2,1-2H3,(H,19,20). The highest BCUT2D eigenvalue weighted by molar-refractivity contribution is 6.35. The van der Waals surface area contributed by atoms with E-state index in [0.717, 1.165) is 16.9 Å². The minimum Gasteiger partial charge on any atom is -0.479 e. The first-order valence-electron chi connectivity index (χ1n) is 7.03. The normalized spacial score (nSPS) is 22.3. The van der Waals surface area contributed by atoms with E-state index in [4.69, 9.17) is 21.4 Å². The number of hydrogen-bond donors (Lipinski definition) is 1. The summed E-state index contributed by atoms with van der Waals surface area (Å²) in [7, 11) is 0. The summed E-state index contributed by atoms with van der Waals surface area (Å²) in [5, 5.41) is 9.71. The molecule has 2 atom stereocenters. The van der Waals surface area contributed by atoms with E-state index in [1.165, 1.54) is 0 Å². The molecule has 0 aliphatic carbocycles. The van der Waals surface area contributed by atoms with Crippen LogP contribution in [0.25, 0.3) is 11.0 Å². The molecule has 2 heterocycles. The molecule has 0 spiro atoms. The van der Waals surface area contributed by atoms with Crippen molar-refractivity contribution in [3.63, 3.8) is 0 Å². The van der Waals surface area contributed by atoms with E-state index in [1.54, 1.807) is 0 Å². The van der Waals surface area contributed by atoms with Crippen molar-refractivity contribution in [3.05, 3.63) is 29.0 Å². The van der Waals surface area contributed by atoms with Crippen LogP contribution < -0.4 is 0 Å². The SMILES string of the molecule is CC(C)n1c(C2CCC(C(=O)O)O2)nc2cccc(Cl)c21. The van der Waals surface area contributed by atoms with Crippen molar-refractivity contribution in [1.29, 1.82) is 0 Å². The molecule has 1 aromatic heterocycles. The number of para-hydroxylation sites is 1. The van der Waals surface area contributed by atoms with Gasteiger partial charge in [-0.15, -0.1) is 0 Å². The number of nitrogens with zero attached hydrogens (tertiary/aromatic N) is 2. The van der Waals surface area contributed by atoms with Crippen LogP contribution in [0.1, 0.15) is 44.7 Å². The summed E-state index contributed by atoms with van der Waals surface area (Å²) >= 11 is 6.31. The lowest BCUT2D eigenvalue weighted by Crippen LogP contribution is -2.19. The molecule has 0 saturated carbocycles. The Morgan fingerprint density at radius 1 is 1.48 bits per heavy atom. The first-order chi connectivity index (χ1) is 9.99. The van der Waals surface area contributed by atoms with Gasteiger partial charge in [0.15, 0.2) is 6.10 Å². The van der Waals surface area contributed by atoms with Crippen LogP contribution in [-0.4, -0.2) is 26.7 Å². The van der Waals surface area contributed by atoms with Crippen molar-refractivity contribution >= 4 is 28.6 Å². The van der Waals surface area contributed by atoms with E-state index in [2.05, 4.69) is 18.8 Å². The van der Waals surface area contributed by atoms with Crippen LogP contribution in [0.15, 0.2) is 18.2 Å². The van der Waals surface area contributed by atoms with Gasteiger partial charge in [-0.25, -0.2) is 9.78 Å². The Balaban J connectivity index is 2.09. The third-order valence-electron chi connectivity index (χ3n) is 3.79. The zero-order valence-electron chi connectivity index (χ0n) is 11.9. The average Bonchev–Trinajstić information content (AvgIpc) is 3.03. The number of carboxylic acids is 1. The van der Waals surface area contributed by atoms with Crippen LogP contribution in [0.2, 0.25) is 5.02 Å². The molecule has 1 aliphatic rings.